The van der Waals surface area contributed by atoms with Crippen molar-refractivity contribution >= 4 is 152 Å². The summed E-state index contributed by atoms with van der Waals surface area (Å²) in [5.74, 6) is 4.40. The molecule has 8 saturated heterocycles. The SMILES string of the molecule is CCCN=C1Nc2cc(C(=O)NN3CCCCC3)ccc2Sc2ccccc21.CN1CCN(C2=Nc3cc(C(=O)NN4CCCCC4)ccc3Sc3ccccc32)CC1.O=C(NN1CCCCC1)c1ccc2c(c1)N=C(N1CCCCC1)c1ccccc1S2.O=C(NN1CCCCC1)c1ccc2c(c1)N=C(N1CCOCC1)c1ccccc1S2.O=C(NN1CCCCC1)c1ccc2c(c1)N=C(Nc1ccccc1)c1ccccc1S2. The van der Waals surface area contributed by atoms with Crippen molar-refractivity contribution in [1.29, 1.82) is 0 Å². The topological polar surface area (TPSA) is 270 Å². The third-order valence-electron chi connectivity index (χ3n) is 28.4. The lowest BCUT2D eigenvalue weighted by Crippen LogP contribution is -2.47. The molecule has 0 aromatic heterocycles. The Morgan fingerprint density at radius 3 is 0.967 bits per heavy atom. The number of likely N-dealkylation sites (tertiary alicyclic amines) is 1. The van der Waals surface area contributed by atoms with Gasteiger partial charge in [-0.2, -0.15) is 0 Å². The van der Waals surface area contributed by atoms with Crippen molar-refractivity contribution in [3.8, 4) is 0 Å². The molecule has 7 N–H and O–H groups in total. The molecule has 150 heavy (non-hydrogen) atoms. The number of hydrazine groups is 5. The summed E-state index contributed by atoms with van der Waals surface area (Å²) >= 11 is 8.58. The highest BCUT2D eigenvalue weighted by molar-refractivity contribution is 8.00. The van der Waals surface area contributed by atoms with Crippen LogP contribution in [-0.4, -0.2) is 248 Å². The minimum atomic E-state index is -0.0794. The predicted molar refractivity (Wildman–Crippen MR) is 607 cm³/mol. The molecule has 24 rings (SSSR count). The number of benzene rings is 11. The van der Waals surface area contributed by atoms with Crippen molar-refractivity contribution in [3.63, 3.8) is 0 Å². The van der Waals surface area contributed by atoms with Crippen LogP contribution in [0, 0.1) is 0 Å². The molecule has 0 saturated carbocycles. The Morgan fingerprint density at radius 1 is 0.300 bits per heavy atom. The number of carbonyl (C=O) groups excluding carboxylic acids is 5. The van der Waals surface area contributed by atoms with Gasteiger partial charge in [-0.3, -0.25) is 56.1 Å². The molecule has 32 heteroatoms. The normalized spacial score (nSPS) is 18.4. The number of rotatable bonds is 13. The van der Waals surface area contributed by atoms with Crippen LogP contribution in [0.2, 0.25) is 0 Å². The molecule has 0 unspecified atom stereocenters. The first-order chi connectivity index (χ1) is 73.7. The minimum Gasteiger partial charge on any atom is -0.378 e. The van der Waals surface area contributed by atoms with Gasteiger partial charge in [-0.25, -0.2) is 45.0 Å². The van der Waals surface area contributed by atoms with E-state index in [2.05, 4.69) is 174 Å². The number of piperazine rings is 1. The quantitative estimate of drug-likeness (QED) is 0.0565. The lowest BCUT2D eigenvalue weighted by Gasteiger charge is -2.34. The second-order valence-electron chi connectivity index (χ2n) is 39.4. The van der Waals surface area contributed by atoms with E-state index >= 15 is 0 Å². The number of para-hydroxylation sites is 1. The van der Waals surface area contributed by atoms with Crippen LogP contribution in [0.5, 0.6) is 0 Å². The Labute approximate surface area is 901 Å². The number of anilines is 2. The smallest absolute Gasteiger partial charge is 0.265 e. The minimum absolute atomic E-state index is 0.0406. The number of likely N-dealkylation sites (N-methyl/N-ethyl adjacent to an activating group) is 1. The molecular formula is C118H133N21O6S5. The summed E-state index contributed by atoms with van der Waals surface area (Å²) in [7, 11) is 2.17. The van der Waals surface area contributed by atoms with E-state index in [1.165, 1.54) is 82.1 Å². The van der Waals surface area contributed by atoms with Gasteiger partial charge in [0.2, 0.25) is 0 Å². The van der Waals surface area contributed by atoms with Crippen LogP contribution < -0.4 is 37.8 Å². The van der Waals surface area contributed by atoms with Crippen molar-refractivity contribution in [2.24, 2.45) is 25.0 Å². The number of piperidine rings is 6. The predicted octanol–water partition coefficient (Wildman–Crippen LogP) is 22.2. The summed E-state index contributed by atoms with van der Waals surface area (Å²) in [6, 6.07) is 81.3. The highest BCUT2D eigenvalue weighted by Gasteiger charge is 2.33. The average molecular weight is 2100 g/mol. The molecule has 0 bridgehead atoms. The molecular weight excluding hydrogens is 1970 g/mol. The van der Waals surface area contributed by atoms with Crippen LogP contribution in [0.25, 0.3) is 0 Å². The number of amides is 5. The van der Waals surface area contributed by atoms with Gasteiger partial charge in [0, 0.05) is 235 Å². The monoisotopic (exact) mass is 2100 g/mol. The first-order valence-corrected chi connectivity index (χ1v) is 57.7. The maximum Gasteiger partial charge on any atom is 0.265 e. The molecule has 0 atom stereocenters. The van der Waals surface area contributed by atoms with E-state index in [4.69, 9.17) is 29.7 Å². The van der Waals surface area contributed by atoms with E-state index in [0.717, 1.165) is 304 Å². The fourth-order valence-electron chi connectivity index (χ4n) is 20.2. The van der Waals surface area contributed by atoms with Gasteiger partial charge >= 0.3 is 0 Å². The first-order valence-electron chi connectivity index (χ1n) is 53.6. The second kappa shape index (κ2) is 51.6. The standard InChI is InChI=1S/C25H24N4OS.C24H29N5OS.C24H28N4OS.C23H26N4O2S.C22H26N4OS/c30-25(28-29-15-7-2-8-16-29)18-13-14-23-21(17-18)27-24(26-19-9-3-1-4-10-19)20-11-5-6-12-22(20)31-23;1-27-13-15-28(16-14-27)23-19-7-3-4-8-21(19)31-22-10-9-18(17-20(22)25-23)24(30)26-29-11-5-2-6-12-29;29-24(26-28-15-7-2-8-16-28)18-11-12-22-20(17-18)25-23(27-13-5-1-6-14-27)19-9-3-4-10-21(19)30-22;28-23(25-27-10-4-1-5-11-27)17-8-9-21-19(16-17)24-22(26-12-14-29-15-13-26)18-6-2-3-7-20(18)30-21;1-2-12-23-21-17-8-4-5-9-19(17)28-20-11-10-16(15-18(20)24-21)22(27)25-26-13-6-3-7-14-26/h1,3-6,9-14,17H,2,7-8,15-16H2,(H,26,27)(H,28,30);3-4,7-10,17H,2,5-6,11-16H2,1H3,(H,26,30);3-4,9-12,17H,1-2,5-8,13-16H2,(H,26,29);2-3,6-9,16H,1,4-5,10-15H2,(H,25,28);4-5,8-11,15H,2-3,6-7,12-14H2,1H3,(H,23,24)(H,25,27). The molecule has 776 valence electrons. The zero-order valence-electron chi connectivity index (χ0n) is 85.6. The first kappa shape index (κ1) is 105. The lowest BCUT2D eigenvalue weighted by molar-refractivity contribution is 0.0682. The Balaban J connectivity index is 0.000000113. The van der Waals surface area contributed by atoms with E-state index in [1.807, 2.05) is 165 Å². The van der Waals surface area contributed by atoms with Gasteiger partial charge < -0.3 is 35.0 Å². The van der Waals surface area contributed by atoms with Crippen LogP contribution in [0.15, 0.2) is 317 Å². The van der Waals surface area contributed by atoms with Crippen LogP contribution >= 0.6 is 58.8 Å². The number of hydrogen-bond donors (Lipinski definition) is 7. The second-order valence-corrected chi connectivity index (χ2v) is 44.8. The summed E-state index contributed by atoms with van der Waals surface area (Å²) in [5, 5.41) is 17.1. The van der Waals surface area contributed by atoms with Gasteiger partial charge in [0.05, 0.1) is 41.7 Å². The summed E-state index contributed by atoms with van der Waals surface area (Å²) in [5.41, 5.74) is 29.6. The van der Waals surface area contributed by atoms with Crippen LogP contribution in [0.4, 0.5) is 34.1 Å². The van der Waals surface area contributed by atoms with Crippen LogP contribution in [0.1, 0.15) is 209 Å². The summed E-state index contributed by atoms with van der Waals surface area (Å²) in [6.45, 7) is 21.2. The van der Waals surface area contributed by atoms with Crippen molar-refractivity contribution in [2.75, 3.05) is 155 Å². The maximum absolute atomic E-state index is 12.9. The van der Waals surface area contributed by atoms with Crippen molar-refractivity contribution in [1.82, 2.24) is 71.8 Å². The van der Waals surface area contributed by atoms with Gasteiger partial charge in [0.25, 0.3) is 29.5 Å². The number of amidine groups is 5. The molecule has 0 aliphatic carbocycles. The van der Waals surface area contributed by atoms with E-state index < -0.39 is 0 Å². The lowest BCUT2D eigenvalue weighted by atomic mass is 10.1. The van der Waals surface area contributed by atoms with Crippen molar-refractivity contribution in [2.45, 2.75) is 178 Å². The van der Waals surface area contributed by atoms with Crippen LogP contribution in [0.3, 0.4) is 0 Å². The van der Waals surface area contributed by atoms with E-state index in [0.29, 0.717) is 41.0 Å². The molecule has 0 radical (unpaired) electrons. The van der Waals surface area contributed by atoms with E-state index in [9.17, 15) is 24.0 Å². The Kier molecular flexibility index (Phi) is 36.0. The maximum atomic E-state index is 12.9. The number of fused-ring (bicyclic) bond motifs is 10. The molecule has 13 aliphatic rings. The summed E-state index contributed by atoms with van der Waals surface area (Å²) in [6.07, 6.45) is 22.2. The number of morpholine rings is 1. The number of nitrogens with zero attached hydrogens (tertiary/aromatic N) is 14. The molecule has 0 spiro atoms. The highest BCUT2D eigenvalue weighted by Crippen LogP contribution is 2.48. The number of hydrogen-bond acceptors (Lipinski definition) is 26. The molecule has 11 aromatic rings. The average Bonchev–Trinajstić information content (AvgIpc) is 1.66. The number of nitrogens with one attached hydrogen (secondary N) is 7. The Bertz CT molecular complexity index is 6640. The third kappa shape index (κ3) is 27.0. The van der Waals surface area contributed by atoms with Gasteiger partial charge in [-0.1, -0.05) is 207 Å². The van der Waals surface area contributed by atoms with Crippen molar-refractivity contribution in [3.05, 3.63) is 298 Å². The van der Waals surface area contributed by atoms with Gasteiger partial charge in [0.15, 0.2) is 0 Å². The number of ether oxygens (including phenoxy) is 1. The molecule has 13 aliphatic heterocycles. The van der Waals surface area contributed by atoms with Gasteiger partial charge in [-0.05, 0) is 230 Å². The van der Waals surface area contributed by atoms with E-state index in [1.54, 1.807) is 58.8 Å². The summed E-state index contributed by atoms with van der Waals surface area (Å²) < 4.78 is 5.54. The zero-order chi connectivity index (χ0) is 102. The van der Waals surface area contributed by atoms with Crippen molar-refractivity contribution < 1.29 is 28.7 Å². The van der Waals surface area contributed by atoms with Gasteiger partial charge in [0.1, 0.15) is 29.2 Å². The highest BCUT2D eigenvalue weighted by atomic mass is 32.2. The number of carbonyl (C=O) groups is 5. The Hall–Kier alpha value is -12.4. The third-order valence-corrected chi connectivity index (χ3v) is 34.2. The van der Waals surface area contributed by atoms with E-state index in [-0.39, 0.29) is 29.5 Å². The fraction of sp³-hybridized carbons (Fsp3) is 0.356. The fourth-order valence-corrected chi connectivity index (χ4v) is 25.2. The number of aliphatic imine (C=N–C) groups is 5. The summed E-state index contributed by atoms with van der Waals surface area (Å²) in [4.78, 5) is 110. The van der Waals surface area contributed by atoms with Gasteiger partial charge in [-0.15, -0.1) is 0 Å². The molecule has 13 heterocycles. The zero-order valence-corrected chi connectivity index (χ0v) is 89.7. The Morgan fingerprint density at radius 2 is 0.593 bits per heavy atom. The molecule has 8 fully saturated rings. The largest absolute Gasteiger partial charge is 0.378 e. The molecule has 5 amide bonds. The molecule has 27 nitrogen and oxygen atoms in total. The van der Waals surface area contributed by atoms with Crippen LogP contribution in [-0.2, 0) is 4.74 Å². The molecule has 11 aromatic carbocycles.